The second-order valence-corrected chi connectivity index (χ2v) is 2.26. The first kappa shape index (κ1) is 6.05. The summed E-state index contributed by atoms with van der Waals surface area (Å²) in [5.41, 5.74) is 0. The Bertz CT molecular complexity index is 66.9. The van der Waals surface area contributed by atoms with Gasteiger partial charge in [-0.25, -0.2) is 0 Å². The molecular weight excluding hydrogens is 102 g/mol. The summed E-state index contributed by atoms with van der Waals surface area (Å²) in [5.74, 6) is 0. The van der Waals surface area contributed by atoms with Gasteiger partial charge in [-0.05, 0) is 14.0 Å². The van der Waals surface area contributed by atoms with Gasteiger partial charge in [-0.1, -0.05) is 0 Å². The van der Waals surface area contributed by atoms with Crippen molar-refractivity contribution in [2.24, 2.45) is 0 Å². The molecular formula is C6H12NO. The Hall–Kier alpha value is -0.0800. The molecule has 0 spiro atoms. The third-order valence-corrected chi connectivity index (χ3v) is 1.34. The summed E-state index contributed by atoms with van der Waals surface area (Å²) in [6.07, 6.45) is 0.189. The molecule has 0 aromatic carbocycles. The number of hydrogen-bond donors (Lipinski definition) is 0. The average molecular weight is 114 g/mol. The Morgan fingerprint density at radius 3 is 2.88 bits per heavy atom. The number of nitrogens with zero attached hydrogens (tertiary/aromatic N) is 1. The molecule has 0 aromatic rings. The van der Waals surface area contributed by atoms with Crippen LogP contribution in [0, 0.1) is 6.92 Å². The van der Waals surface area contributed by atoms with Gasteiger partial charge >= 0.3 is 0 Å². The van der Waals surface area contributed by atoms with Crippen LogP contribution >= 0.6 is 0 Å². The standard InChI is InChI=1S/C6H12NO/c1-6-5-7(2)3-4-8-6/h6H,1,3-5H2,2H3/t6-/m0/s1. The largest absolute Gasteiger partial charge is 0.376 e. The minimum Gasteiger partial charge on any atom is -0.376 e. The van der Waals surface area contributed by atoms with Crippen molar-refractivity contribution >= 4 is 0 Å². The van der Waals surface area contributed by atoms with Crippen LogP contribution in [-0.2, 0) is 4.74 Å². The molecule has 0 aromatic heterocycles. The summed E-state index contributed by atoms with van der Waals surface area (Å²) < 4.78 is 5.20. The molecule has 1 rings (SSSR count). The molecule has 0 bridgehead atoms. The molecule has 2 nitrogen and oxygen atoms in total. The van der Waals surface area contributed by atoms with Gasteiger partial charge in [-0.15, -0.1) is 0 Å². The lowest BCUT2D eigenvalue weighted by atomic mass is 10.3. The lowest BCUT2D eigenvalue weighted by molar-refractivity contribution is 0.00542. The molecule has 0 amide bonds. The van der Waals surface area contributed by atoms with Crippen LogP contribution in [0.15, 0.2) is 0 Å². The van der Waals surface area contributed by atoms with Crippen LogP contribution in [0.5, 0.6) is 0 Å². The number of likely N-dealkylation sites (N-methyl/N-ethyl adjacent to an activating group) is 1. The minimum atomic E-state index is 0.189. The van der Waals surface area contributed by atoms with E-state index < -0.39 is 0 Å². The Morgan fingerprint density at radius 2 is 2.50 bits per heavy atom. The molecule has 47 valence electrons. The van der Waals surface area contributed by atoms with Crippen molar-refractivity contribution < 1.29 is 4.74 Å². The van der Waals surface area contributed by atoms with Crippen LogP contribution in [0.1, 0.15) is 0 Å². The number of morpholine rings is 1. The summed E-state index contributed by atoms with van der Waals surface area (Å²) in [7, 11) is 2.08. The Kier molecular flexibility index (Phi) is 1.86. The van der Waals surface area contributed by atoms with Crippen molar-refractivity contribution in [3.8, 4) is 0 Å². The summed E-state index contributed by atoms with van der Waals surface area (Å²) in [4.78, 5) is 2.22. The van der Waals surface area contributed by atoms with Crippen LogP contribution in [0.4, 0.5) is 0 Å². The first-order valence-corrected chi connectivity index (χ1v) is 2.92. The zero-order valence-corrected chi connectivity index (χ0v) is 5.26. The molecule has 1 saturated heterocycles. The van der Waals surface area contributed by atoms with Gasteiger partial charge in [0.2, 0.25) is 0 Å². The van der Waals surface area contributed by atoms with Crippen LogP contribution in [0.3, 0.4) is 0 Å². The zero-order chi connectivity index (χ0) is 5.98. The van der Waals surface area contributed by atoms with Gasteiger partial charge in [-0.2, -0.15) is 0 Å². The molecule has 8 heavy (non-hydrogen) atoms. The minimum absolute atomic E-state index is 0.189. The number of ether oxygens (including phenoxy) is 1. The SMILES string of the molecule is [CH2][C@H]1CN(C)CCO1. The van der Waals surface area contributed by atoms with Gasteiger partial charge in [-0.3, -0.25) is 0 Å². The first-order valence-electron chi connectivity index (χ1n) is 2.92. The number of rotatable bonds is 0. The van der Waals surface area contributed by atoms with E-state index in [1.54, 1.807) is 0 Å². The fourth-order valence-electron chi connectivity index (χ4n) is 0.867. The van der Waals surface area contributed by atoms with Gasteiger partial charge in [0, 0.05) is 13.1 Å². The van der Waals surface area contributed by atoms with E-state index in [-0.39, 0.29) is 6.10 Å². The summed E-state index contributed by atoms with van der Waals surface area (Å²) in [6.45, 7) is 6.64. The van der Waals surface area contributed by atoms with E-state index in [4.69, 9.17) is 4.74 Å². The fourth-order valence-corrected chi connectivity index (χ4v) is 0.867. The molecule has 2 heteroatoms. The van der Waals surface area contributed by atoms with Crippen molar-refractivity contribution in [2.45, 2.75) is 6.10 Å². The molecule has 0 saturated carbocycles. The van der Waals surface area contributed by atoms with E-state index in [9.17, 15) is 0 Å². The van der Waals surface area contributed by atoms with Gasteiger partial charge < -0.3 is 9.64 Å². The van der Waals surface area contributed by atoms with Crippen LogP contribution in [-0.4, -0.2) is 37.7 Å². The molecule has 0 N–H and O–H groups in total. The quantitative estimate of drug-likeness (QED) is 0.444. The summed E-state index contributed by atoms with van der Waals surface area (Å²) in [6, 6.07) is 0. The monoisotopic (exact) mass is 114 g/mol. The maximum Gasteiger partial charge on any atom is 0.0703 e. The molecule has 1 atom stereocenters. The van der Waals surface area contributed by atoms with Gasteiger partial charge in [0.1, 0.15) is 0 Å². The topological polar surface area (TPSA) is 12.5 Å². The molecule has 0 unspecified atom stereocenters. The van der Waals surface area contributed by atoms with Crippen LogP contribution in [0.25, 0.3) is 0 Å². The first-order chi connectivity index (χ1) is 3.79. The van der Waals surface area contributed by atoms with E-state index in [0.29, 0.717) is 0 Å². The number of hydrogen-bond acceptors (Lipinski definition) is 2. The second-order valence-electron chi connectivity index (χ2n) is 2.26. The molecule has 1 heterocycles. The normalized spacial score (nSPS) is 33.0. The highest BCUT2D eigenvalue weighted by Crippen LogP contribution is 1.99. The van der Waals surface area contributed by atoms with Gasteiger partial charge in [0.15, 0.2) is 0 Å². The molecule has 1 radical (unpaired) electrons. The highest BCUT2D eigenvalue weighted by molar-refractivity contribution is 4.69. The van der Waals surface area contributed by atoms with E-state index in [2.05, 4.69) is 18.9 Å². The fraction of sp³-hybridized carbons (Fsp3) is 0.833. The lowest BCUT2D eigenvalue weighted by Gasteiger charge is -2.27. The maximum atomic E-state index is 5.20. The Morgan fingerprint density at radius 1 is 1.75 bits per heavy atom. The van der Waals surface area contributed by atoms with Gasteiger partial charge in [0.05, 0.1) is 12.7 Å². The molecule has 1 aliphatic rings. The lowest BCUT2D eigenvalue weighted by Crippen LogP contribution is -2.38. The highest BCUT2D eigenvalue weighted by Gasteiger charge is 2.11. The molecule has 1 aliphatic heterocycles. The molecule has 0 aliphatic carbocycles. The highest BCUT2D eigenvalue weighted by atomic mass is 16.5. The van der Waals surface area contributed by atoms with Gasteiger partial charge in [0.25, 0.3) is 0 Å². The van der Waals surface area contributed by atoms with Crippen molar-refractivity contribution in [1.29, 1.82) is 0 Å². The zero-order valence-electron chi connectivity index (χ0n) is 5.26. The predicted octanol–water partition coefficient (Wildman–Crippen LogP) is 0.151. The van der Waals surface area contributed by atoms with Crippen molar-refractivity contribution in [1.82, 2.24) is 4.90 Å². The third-order valence-electron chi connectivity index (χ3n) is 1.34. The van der Waals surface area contributed by atoms with Crippen LogP contribution in [0.2, 0.25) is 0 Å². The second kappa shape index (κ2) is 2.46. The Labute approximate surface area is 50.4 Å². The predicted molar refractivity (Wildman–Crippen MR) is 32.6 cm³/mol. The van der Waals surface area contributed by atoms with E-state index >= 15 is 0 Å². The maximum absolute atomic E-state index is 5.20. The van der Waals surface area contributed by atoms with E-state index in [1.807, 2.05) is 0 Å². The molecule has 1 fully saturated rings. The smallest absolute Gasteiger partial charge is 0.0703 e. The van der Waals surface area contributed by atoms with Crippen molar-refractivity contribution in [3.63, 3.8) is 0 Å². The van der Waals surface area contributed by atoms with E-state index in [0.717, 1.165) is 19.7 Å². The van der Waals surface area contributed by atoms with Crippen molar-refractivity contribution in [3.05, 3.63) is 6.92 Å². The van der Waals surface area contributed by atoms with Crippen LogP contribution < -0.4 is 0 Å². The van der Waals surface area contributed by atoms with Crippen molar-refractivity contribution in [2.75, 3.05) is 26.7 Å². The average Bonchev–Trinajstić information content (AvgIpc) is 1.64. The summed E-state index contributed by atoms with van der Waals surface area (Å²) >= 11 is 0. The van der Waals surface area contributed by atoms with E-state index in [1.165, 1.54) is 0 Å². The third kappa shape index (κ3) is 1.46. The summed E-state index contributed by atoms with van der Waals surface area (Å²) in [5, 5.41) is 0. The Balaban J connectivity index is 2.23.